The Kier molecular flexibility index (Phi) is 5.12. The van der Waals surface area contributed by atoms with Gasteiger partial charge in [0.05, 0.1) is 12.8 Å². The highest BCUT2D eigenvalue weighted by atomic mass is 16.7. The van der Waals surface area contributed by atoms with Gasteiger partial charge in [-0.2, -0.15) is 0 Å². The normalized spacial score (nSPS) is 13.5. The molecule has 2 N–H and O–H groups in total. The van der Waals surface area contributed by atoms with Gasteiger partial charge in [-0.25, -0.2) is 0 Å². The highest BCUT2D eigenvalue weighted by molar-refractivity contribution is 5.88. The Labute approximate surface area is 180 Å². The molecule has 1 aliphatic heterocycles. The van der Waals surface area contributed by atoms with Gasteiger partial charge in [0.15, 0.2) is 11.5 Å². The Morgan fingerprint density at radius 1 is 1.10 bits per heavy atom. The van der Waals surface area contributed by atoms with E-state index in [0.29, 0.717) is 18.0 Å². The number of carbonyl (C=O) groups excluding carboxylic acids is 1. The van der Waals surface area contributed by atoms with Gasteiger partial charge in [-0.15, -0.1) is 0 Å². The second-order valence-corrected chi connectivity index (χ2v) is 7.63. The zero-order chi connectivity index (χ0) is 21.2. The van der Waals surface area contributed by atoms with Crippen molar-refractivity contribution in [3.05, 3.63) is 83.4 Å². The van der Waals surface area contributed by atoms with Crippen LogP contribution in [0.1, 0.15) is 41.7 Å². The summed E-state index contributed by atoms with van der Waals surface area (Å²) >= 11 is 0. The van der Waals surface area contributed by atoms with Crippen molar-refractivity contribution in [2.75, 3.05) is 6.79 Å². The summed E-state index contributed by atoms with van der Waals surface area (Å²) in [6.45, 7) is 2.70. The minimum absolute atomic E-state index is 0.0566. The molecule has 4 aromatic rings. The van der Waals surface area contributed by atoms with Crippen LogP contribution in [0.4, 0.5) is 0 Å². The molecule has 0 fully saturated rings. The number of fused-ring (bicyclic) bond motifs is 2. The van der Waals surface area contributed by atoms with Gasteiger partial charge in [0.2, 0.25) is 12.7 Å². The monoisotopic (exact) mass is 416 g/mol. The molecule has 0 radical (unpaired) electrons. The van der Waals surface area contributed by atoms with Crippen LogP contribution < -0.4 is 14.8 Å². The van der Waals surface area contributed by atoms with Crippen LogP contribution in [-0.2, 0) is 17.8 Å². The first kappa shape index (κ1) is 19.3. The average Bonchev–Trinajstić information content (AvgIpc) is 3.56. The number of carbonyl (C=O) groups is 1. The summed E-state index contributed by atoms with van der Waals surface area (Å²) in [6.07, 6.45) is 4.84. The summed E-state index contributed by atoms with van der Waals surface area (Å²) in [6, 6.07) is 15.8. The molecule has 1 atom stereocenters. The van der Waals surface area contributed by atoms with Crippen LogP contribution in [-0.4, -0.2) is 17.7 Å². The van der Waals surface area contributed by atoms with Crippen LogP contribution in [0.3, 0.4) is 0 Å². The van der Waals surface area contributed by atoms with Crippen molar-refractivity contribution < 1.29 is 18.7 Å². The Balaban J connectivity index is 1.52. The molecule has 1 amide bonds. The van der Waals surface area contributed by atoms with E-state index in [2.05, 4.69) is 35.4 Å². The number of aromatic amines is 1. The lowest BCUT2D eigenvalue weighted by Gasteiger charge is -2.19. The molecular formula is C25H24N2O4. The van der Waals surface area contributed by atoms with Gasteiger partial charge < -0.3 is 24.2 Å². The number of aromatic nitrogens is 1. The molecule has 0 saturated heterocycles. The molecule has 2 aromatic carbocycles. The Morgan fingerprint density at radius 2 is 2.00 bits per heavy atom. The van der Waals surface area contributed by atoms with Gasteiger partial charge in [0.1, 0.15) is 5.76 Å². The zero-order valence-corrected chi connectivity index (χ0v) is 17.3. The lowest BCUT2D eigenvalue weighted by Crippen LogP contribution is -2.24. The molecule has 31 heavy (non-hydrogen) atoms. The third-order valence-corrected chi connectivity index (χ3v) is 5.82. The molecule has 0 aliphatic carbocycles. The minimum atomic E-state index is -0.186. The second kappa shape index (κ2) is 8.22. The fourth-order valence-electron chi connectivity index (χ4n) is 4.29. The topological polar surface area (TPSA) is 76.5 Å². The minimum Gasteiger partial charge on any atom is -0.467 e. The van der Waals surface area contributed by atoms with Gasteiger partial charge in [-0.05, 0) is 35.7 Å². The van der Waals surface area contributed by atoms with Crippen molar-refractivity contribution in [3.8, 4) is 11.5 Å². The maximum absolute atomic E-state index is 12.9. The largest absolute Gasteiger partial charge is 0.467 e. The summed E-state index contributed by atoms with van der Waals surface area (Å²) < 4.78 is 16.7. The lowest BCUT2D eigenvalue weighted by molar-refractivity contribution is -0.121. The smallest absolute Gasteiger partial charge is 0.231 e. The number of hydrogen-bond acceptors (Lipinski definition) is 4. The lowest BCUT2D eigenvalue weighted by atomic mass is 9.86. The van der Waals surface area contributed by atoms with Crippen molar-refractivity contribution in [2.24, 2.45) is 0 Å². The first-order chi connectivity index (χ1) is 15.2. The maximum atomic E-state index is 12.9. The maximum Gasteiger partial charge on any atom is 0.231 e. The van der Waals surface area contributed by atoms with E-state index in [1.54, 1.807) is 6.26 Å². The number of hydrogen-bond donors (Lipinski definition) is 2. The number of H-pyrrole nitrogens is 1. The van der Waals surface area contributed by atoms with Gasteiger partial charge in [-0.3, -0.25) is 4.79 Å². The fraction of sp³-hybridized carbons (Fsp3) is 0.240. The molecule has 3 heterocycles. The number of furan rings is 1. The molecule has 0 bridgehead atoms. The molecule has 0 saturated carbocycles. The van der Waals surface area contributed by atoms with Crippen molar-refractivity contribution in [1.29, 1.82) is 0 Å². The SMILES string of the molecule is CCc1cccc2c(C(CC(=O)NCc3ccco3)c3cccc4c3OCO4)c[nH]c12. The van der Waals surface area contributed by atoms with Crippen LogP contribution in [0.25, 0.3) is 10.9 Å². The Hall–Kier alpha value is -3.67. The first-order valence-corrected chi connectivity index (χ1v) is 10.5. The highest BCUT2D eigenvalue weighted by Gasteiger charge is 2.28. The average molecular weight is 416 g/mol. The van der Waals surface area contributed by atoms with Gasteiger partial charge >= 0.3 is 0 Å². The van der Waals surface area contributed by atoms with Crippen molar-refractivity contribution >= 4 is 16.8 Å². The summed E-state index contributed by atoms with van der Waals surface area (Å²) in [5, 5.41) is 4.10. The van der Waals surface area contributed by atoms with Gasteiger partial charge in [-0.1, -0.05) is 37.3 Å². The molecule has 0 spiro atoms. The van der Waals surface area contributed by atoms with Gasteiger partial charge in [0, 0.05) is 35.0 Å². The van der Waals surface area contributed by atoms with Crippen molar-refractivity contribution in [1.82, 2.24) is 10.3 Å². The molecule has 6 nitrogen and oxygen atoms in total. The summed E-state index contributed by atoms with van der Waals surface area (Å²) in [7, 11) is 0. The van der Waals surface area contributed by atoms with E-state index in [0.717, 1.165) is 34.2 Å². The van der Waals surface area contributed by atoms with Crippen molar-refractivity contribution in [2.45, 2.75) is 32.2 Å². The number of benzene rings is 2. The summed E-state index contributed by atoms with van der Waals surface area (Å²) in [4.78, 5) is 16.4. The van der Waals surface area contributed by atoms with E-state index in [9.17, 15) is 4.79 Å². The number of rotatable bonds is 7. The van der Waals surface area contributed by atoms with E-state index in [4.69, 9.17) is 13.9 Å². The van der Waals surface area contributed by atoms with E-state index in [1.165, 1.54) is 5.56 Å². The molecule has 158 valence electrons. The van der Waals surface area contributed by atoms with E-state index < -0.39 is 0 Å². The summed E-state index contributed by atoms with van der Waals surface area (Å²) in [5.74, 6) is 1.91. The Morgan fingerprint density at radius 3 is 2.84 bits per heavy atom. The van der Waals surface area contributed by atoms with Crippen LogP contribution >= 0.6 is 0 Å². The van der Waals surface area contributed by atoms with Crippen LogP contribution in [0, 0.1) is 0 Å². The quantitative estimate of drug-likeness (QED) is 0.450. The Bertz CT molecular complexity index is 1210. The third kappa shape index (κ3) is 3.65. The molecule has 1 unspecified atom stereocenters. The second-order valence-electron chi connectivity index (χ2n) is 7.63. The van der Waals surface area contributed by atoms with E-state index >= 15 is 0 Å². The number of para-hydroxylation sites is 2. The number of ether oxygens (including phenoxy) is 2. The molecule has 2 aromatic heterocycles. The van der Waals surface area contributed by atoms with Gasteiger partial charge in [0.25, 0.3) is 0 Å². The predicted molar refractivity (Wildman–Crippen MR) is 117 cm³/mol. The van der Waals surface area contributed by atoms with E-state index in [1.807, 2.05) is 36.5 Å². The van der Waals surface area contributed by atoms with Crippen molar-refractivity contribution in [3.63, 3.8) is 0 Å². The standard InChI is InChI=1S/C25H24N2O4/c1-2-16-6-3-8-18-21(14-27-24(16)18)20(12-23(28)26-13-17-7-5-11-29-17)19-9-4-10-22-25(19)31-15-30-22/h3-11,14,20,27H,2,12-13,15H2,1H3,(H,26,28). The zero-order valence-electron chi connectivity index (χ0n) is 17.3. The summed E-state index contributed by atoms with van der Waals surface area (Å²) in [5.41, 5.74) is 4.39. The van der Waals surface area contributed by atoms with Crippen LogP contribution in [0.15, 0.2) is 65.4 Å². The van der Waals surface area contributed by atoms with Crippen LogP contribution in [0.2, 0.25) is 0 Å². The number of amides is 1. The predicted octanol–water partition coefficient (Wildman–Crippen LogP) is 4.89. The number of nitrogens with one attached hydrogen (secondary N) is 2. The first-order valence-electron chi connectivity index (χ1n) is 10.5. The highest BCUT2D eigenvalue weighted by Crippen LogP contribution is 2.44. The fourth-order valence-corrected chi connectivity index (χ4v) is 4.29. The molecule has 5 rings (SSSR count). The van der Waals surface area contributed by atoms with Crippen LogP contribution in [0.5, 0.6) is 11.5 Å². The molecular weight excluding hydrogens is 392 g/mol. The molecule has 1 aliphatic rings. The molecule has 6 heteroatoms. The number of aryl methyl sites for hydroxylation is 1. The third-order valence-electron chi connectivity index (χ3n) is 5.82. The van der Waals surface area contributed by atoms with E-state index in [-0.39, 0.29) is 25.0 Å².